The Morgan fingerprint density at radius 1 is 0.456 bits per heavy atom. The van der Waals surface area contributed by atoms with Crippen molar-refractivity contribution < 1.29 is 0 Å². The molecule has 10 aromatic carbocycles. The minimum atomic E-state index is -0.528. The smallest absolute Gasteiger partial charge is 0.0714 e. The summed E-state index contributed by atoms with van der Waals surface area (Å²) in [5, 5.41) is 7.85. The Kier molecular flexibility index (Phi) is 8.84. The van der Waals surface area contributed by atoms with Gasteiger partial charge in [0, 0.05) is 58.9 Å². The molecule has 2 aliphatic carbocycles. The molecule has 0 N–H and O–H groups in total. The summed E-state index contributed by atoms with van der Waals surface area (Å²) in [5.74, 6) is 0. The first-order chi connectivity index (χ1) is 33.8. The first-order valence-corrected chi connectivity index (χ1v) is 24.5. The van der Waals surface area contributed by atoms with Gasteiger partial charge in [-0.15, -0.1) is 11.3 Å². The predicted octanol–water partition coefficient (Wildman–Crippen LogP) is 17.9. The van der Waals surface area contributed by atoms with E-state index in [9.17, 15) is 0 Å². The van der Waals surface area contributed by atoms with Gasteiger partial charge in [0.25, 0.3) is 0 Å². The average molecular weight is 885 g/mol. The van der Waals surface area contributed by atoms with E-state index < -0.39 is 5.41 Å². The van der Waals surface area contributed by atoms with Gasteiger partial charge in [-0.2, -0.15) is 0 Å². The molecule has 3 heteroatoms. The highest BCUT2D eigenvalue weighted by atomic mass is 32.1. The molecule has 1 unspecified atom stereocenters. The van der Waals surface area contributed by atoms with E-state index in [0.717, 1.165) is 23.5 Å². The van der Waals surface area contributed by atoms with E-state index in [1.807, 2.05) is 11.3 Å². The van der Waals surface area contributed by atoms with Crippen LogP contribution in [0, 0.1) is 0 Å². The number of allylic oxidation sites excluding steroid dienone is 4. The number of thiophene rings is 1. The second-order valence-electron chi connectivity index (χ2n) is 18.3. The molecule has 0 radical (unpaired) electrons. The van der Waals surface area contributed by atoms with Crippen molar-refractivity contribution in [3.8, 4) is 22.3 Å². The van der Waals surface area contributed by atoms with Crippen LogP contribution < -0.4 is 4.90 Å². The fourth-order valence-electron chi connectivity index (χ4n) is 11.9. The van der Waals surface area contributed by atoms with Crippen molar-refractivity contribution in [3.05, 3.63) is 271 Å². The van der Waals surface area contributed by atoms with Crippen LogP contribution in [0.25, 0.3) is 75.0 Å². The highest BCUT2D eigenvalue weighted by molar-refractivity contribution is 7.27. The number of hydrogen-bond donors (Lipinski definition) is 0. The molecule has 12 aromatic rings. The summed E-state index contributed by atoms with van der Waals surface area (Å²) in [6, 6.07) is 83.9. The van der Waals surface area contributed by atoms with E-state index in [2.05, 4.69) is 258 Å². The van der Waals surface area contributed by atoms with Gasteiger partial charge in [-0.25, -0.2) is 0 Å². The molecule has 14 rings (SSSR count). The van der Waals surface area contributed by atoms with Gasteiger partial charge in [0.15, 0.2) is 0 Å². The van der Waals surface area contributed by atoms with E-state index in [1.165, 1.54) is 97.3 Å². The molecule has 320 valence electrons. The van der Waals surface area contributed by atoms with Crippen molar-refractivity contribution in [3.63, 3.8) is 0 Å². The number of fused-ring (bicyclic) bond motifs is 13. The first kappa shape index (κ1) is 39.0. The molecule has 0 saturated heterocycles. The lowest BCUT2D eigenvalue weighted by Crippen LogP contribution is -2.28. The minimum absolute atomic E-state index is 0.179. The predicted molar refractivity (Wildman–Crippen MR) is 289 cm³/mol. The van der Waals surface area contributed by atoms with Crippen molar-refractivity contribution in [2.75, 3.05) is 4.90 Å². The average Bonchev–Trinajstić information content (AvgIpc) is 4.07. The molecule has 0 saturated carbocycles. The summed E-state index contributed by atoms with van der Waals surface area (Å²) in [4.78, 5) is 2.49. The van der Waals surface area contributed by atoms with Crippen LogP contribution in [0.1, 0.15) is 34.7 Å². The summed E-state index contributed by atoms with van der Waals surface area (Å²) in [6.45, 7) is 0. The maximum atomic E-state index is 2.65. The lowest BCUT2D eigenvalue weighted by Gasteiger charge is -2.35. The molecule has 68 heavy (non-hydrogen) atoms. The van der Waals surface area contributed by atoms with Crippen LogP contribution in [0.5, 0.6) is 0 Å². The Bertz CT molecular complexity index is 3950. The third-order valence-electron chi connectivity index (χ3n) is 14.7. The minimum Gasteiger partial charge on any atom is -0.333 e. The number of nitrogens with zero attached hydrogens (tertiary/aromatic N) is 2. The Morgan fingerprint density at radius 3 is 1.81 bits per heavy atom. The largest absolute Gasteiger partial charge is 0.333 e. The van der Waals surface area contributed by atoms with Crippen molar-refractivity contribution in [1.82, 2.24) is 4.57 Å². The lowest BCUT2D eigenvalue weighted by atomic mass is 9.67. The second-order valence-corrected chi connectivity index (χ2v) is 19.3. The highest BCUT2D eigenvalue weighted by Gasteiger charge is 2.46. The molecular formula is C65H44N2S. The zero-order valence-corrected chi connectivity index (χ0v) is 38.1. The Labute approximate surface area is 399 Å². The Hall–Kier alpha value is -8.24. The fraction of sp³-hybridized carbons (Fsp3) is 0.0462. The van der Waals surface area contributed by atoms with E-state index in [1.54, 1.807) is 0 Å². The summed E-state index contributed by atoms with van der Waals surface area (Å²) in [6.07, 6.45) is 10.1. The van der Waals surface area contributed by atoms with E-state index in [-0.39, 0.29) is 6.04 Å². The fourth-order valence-corrected chi connectivity index (χ4v) is 13.1. The summed E-state index contributed by atoms with van der Waals surface area (Å²) < 4.78 is 5.33. The molecule has 1 atom stereocenters. The van der Waals surface area contributed by atoms with Crippen molar-refractivity contribution in [2.24, 2.45) is 0 Å². The molecule has 2 heterocycles. The first-order valence-electron chi connectivity index (χ1n) is 23.7. The van der Waals surface area contributed by atoms with Crippen LogP contribution in [0.3, 0.4) is 0 Å². The lowest BCUT2D eigenvalue weighted by molar-refractivity contribution is 0.649. The van der Waals surface area contributed by atoms with Crippen LogP contribution in [0.4, 0.5) is 17.1 Å². The number of hydrogen-bond acceptors (Lipinski definition) is 2. The van der Waals surface area contributed by atoms with Crippen LogP contribution in [0.15, 0.2) is 249 Å². The van der Waals surface area contributed by atoms with Gasteiger partial charge in [0.2, 0.25) is 0 Å². The molecule has 2 aliphatic rings. The van der Waals surface area contributed by atoms with Crippen LogP contribution >= 0.6 is 11.3 Å². The molecule has 0 fully saturated rings. The third kappa shape index (κ3) is 5.70. The van der Waals surface area contributed by atoms with Crippen LogP contribution in [0.2, 0.25) is 0 Å². The third-order valence-corrected chi connectivity index (χ3v) is 15.9. The van der Waals surface area contributed by atoms with Crippen molar-refractivity contribution in [2.45, 2.75) is 17.9 Å². The maximum Gasteiger partial charge on any atom is 0.0714 e. The molecule has 0 aliphatic heterocycles. The summed E-state index contributed by atoms with van der Waals surface area (Å²) in [7, 11) is 0. The number of benzene rings is 10. The molecule has 0 spiro atoms. The van der Waals surface area contributed by atoms with Gasteiger partial charge in [0.1, 0.15) is 0 Å². The van der Waals surface area contributed by atoms with Crippen molar-refractivity contribution >= 4 is 81.1 Å². The maximum absolute atomic E-state index is 2.65. The SMILES string of the molecule is C1=CCC(n2c3ccc(N(c4ccc(-c5ccccc5)cc4)c4ccc5c(c4)C(c4ccccc4)(c4ccccc4)c4ccccc4-5)cc3c3c4ccccc4c4sc5ccccc5c4c32)C=C1. The van der Waals surface area contributed by atoms with Gasteiger partial charge < -0.3 is 9.47 Å². The van der Waals surface area contributed by atoms with Crippen LogP contribution in [-0.4, -0.2) is 4.57 Å². The van der Waals surface area contributed by atoms with Gasteiger partial charge in [-0.05, 0) is 105 Å². The van der Waals surface area contributed by atoms with Gasteiger partial charge in [-0.1, -0.05) is 200 Å². The Balaban J connectivity index is 1.07. The quantitative estimate of drug-likeness (QED) is 0.155. The molecule has 0 amide bonds. The molecule has 2 nitrogen and oxygen atoms in total. The van der Waals surface area contributed by atoms with E-state index in [0.29, 0.717) is 0 Å². The van der Waals surface area contributed by atoms with Gasteiger partial charge >= 0.3 is 0 Å². The Morgan fingerprint density at radius 2 is 1.06 bits per heavy atom. The number of anilines is 3. The van der Waals surface area contributed by atoms with E-state index >= 15 is 0 Å². The normalized spacial score (nSPS) is 14.9. The standard InChI is InChI=1S/C65H44N2S/c1-5-19-43(20-6-1)44-33-35-48(36-34-44)66(50-37-39-52-51-27-15-17-31-57(51)65(58(52)42-50,45-21-7-2-8-22-45)46-23-9-3-10-24-46)49-38-40-59-56(41-49)61-53-28-13-14-29-54(53)64-62(55-30-16-18-32-60(55)68-64)63(61)67(59)47-25-11-4-12-26-47/h1-25,27-42,47H,26H2. The topological polar surface area (TPSA) is 8.17 Å². The van der Waals surface area contributed by atoms with Gasteiger partial charge in [0.05, 0.1) is 17.0 Å². The summed E-state index contributed by atoms with van der Waals surface area (Å²) >= 11 is 1.92. The van der Waals surface area contributed by atoms with Gasteiger partial charge in [-0.3, -0.25) is 0 Å². The highest BCUT2D eigenvalue weighted by Crippen LogP contribution is 2.58. The molecular weight excluding hydrogens is 841 g/mol. The zero-order chi connectivity index (χ0) is 44.8. The monoisotopic (exact) mass is 884 g/mol. The molecule has 0 bridgehead atoms. The number of aromatic nitrogens is 1. The second kappa shape index (κ2) is 15.4. The zero-order valence-electron chi connectivity index (χ0n) is 37.3. The van der Waals surface area contributed by atoms with Crippen molar-refractivity contribution in [1.29, 1.82) is 0 Å². The number of rotatable bonds is 7. The van der Waals surface area contributed by atoms with Crippen LogP contribution in [-0.2, 0) is 5.41 Å². The molecule has 2 aromatic heterocycles. The van der Waals surface area contributed by atoms with E-state index in [4.69, 9.17) is 0 Å². The summed E-state index contributed by atoms with van der Waals surface area (Å²) in [5.41, 5.74) is 15.4.